The zero-order chi connectivity index (χ0) is 12.0. The fourth-order valence-corrected chi connectivity index (χ4v) is 1.48. The van der Waals surface area contributed by atoms with E-state index in [1.54, 1.807) is 12.1 Å². The van der Waals surface area contributed by atoms with Gasteiger partial charge in [0.15, 0.2) is 0 Å². The van der Waals surface area contributed by atoms with Crippen LogP contribution in [0.25, 0.3) is 0 Å². The first-order valence-corrected chi connectivity index (χ1v) is 5.47. The monoisotopic (exact) mass is 225 g/mol. The molecule has 4 nitrogen and oxygen atoms in total. The molecule has 0 aliphatic heterocycles. The van der Waals surface area contributed by atoms with E-state index >= 15 is 0 Å². The molecule has 1 unspecified atom stereocenters. The average molecular weight is 225 g/mol. The first-order chi connectivity index (χ1) is 7.63. The van der Waals surface area contributed by atoms with Gasteiger partial charge in [-0.25, -0.2) is 0 Å². The summed E-state index contributed by atoms with van der Waals surface area (Å²) in [5, 5.41) is 21.9. The predicted molar refractivity (Wildman–Crippen MR) is 62.7 cm³/mol. The van der Waals surface area contributed by atoms with Crippen molar-refractivity contribution < 1.29 is 14.9 Å². The molecule has 0 heterocycles. The molecule has 0 aliphatic carbocycles. The standard InChI is InChI=1S/C12H19NO3/c1-3-16-5-4-13-9(2)10-6-11(14)8-12(15)7-10/h6-9,13-15H,3-5H2,1-2H3. The molecule has 1 aromatic carbocycles. The number of ether oxygens (including phenoxy) is 1. The number of benzene rings is 1. The van der Waals surface area contributed by atoms with Crippen molar-refractivity contribution in [3.8, 4) is 11.5 Å². The van der Waals surface area contributed by atoms with Crippen LogP contribution in [0.4, 0.5) is 0 Å². The molecule has 1 rings (SSSR count). The summed E-state index contributed by atoms with van der Waals surface area (Å²) in [5.41, 5.74) is 0.856. The van der Waals surface area contributed by atoms with Crippen LogP contribution in [0.2, 0.25) is 0 Å². The first kappa shape index (κ1) is 12.8. The van der Waals surface area contributed by atoms with Gasteiger partial charge in [-0.15, -0.1) is 0 Å². The fraction of sp³-hybridized carbons (Fsp3) is 0.500. The number of phenolic OH excluding ortho intramolecular Hbond substituents is 2. The highest BCUT2D eigenvalue weighted by molar-refractivity contribution is 5.37. The summed E-state index contributed by atoms with van der Waals surface area (Å²) in [7, 11) is 0. The molecular weight excluding hydrogens is 206 g/mol. The topological polar surface area (TPSA) is 61.7 Å². The van der Waals surface area contributed by atoms with Gasteiger partial charge in [0.25, 0.3) is 0 Å². The second kappa shape index (κ2) is 6.35. The highest BCUT2D eigenvalue weighted by atomic mass is 16.5. The fourth-order valence-electron chi connectivity index (χ4n) is 1.48. The Morgan fingerprint density at radius 1 is 1.25 bits per heavy atom. The number of phenols is 2. The molecule has 0 fully saturated rings. The van der Waals surface area contributed by atoms with E-state index in [4.69, 9.17) is 4.74 Å². The zero-order valence-electron chi connectivity index (χ0n) is 9.73. The summed E-state index contributed by atoms with van der Waals surface area (Å²) in [6.07, 6.45) is 0. The van der Waals surface area contributed by atoms with Crippen LogP contribution in [0.15, 0.2) is 18.2 Å². The van der Waals surface area contributed by atoms with Crippen molar-refractivity contribution in [2.75, 3.05) is 19.8 Å². The van der Waals surface area contributed by atoms with E-state index in [0.29, 0.717) is 13.2 Å². The number of hydrogen-bond acceptors (Lipinski definition) is 4. The maximum atomic E-state index is 9.34. The molecule has 4 heteroatoms. The molecule has 0 saturated heterocycles. The van der Waals surface area contributed by atoms with Crippen LogP contribution in [0.1, 0.15) is 25.5 Å². The van der Waals surface area contributed by atoms with Gasteiger partial charge in [-0.3, -0.25) is 0 Å². The van der Waals surface area contributed by atoms with Crippen molar-refractivity contribution in [3.05, 3.63) is 23.8 Å². The summed E-state index contributed by atoms with van der Waals surface area (Å²) < 4.78 is 5.21. The van der Waals surface area contributed by atoms with E-state index in [1.165, 1.54) is 6.07 Å². The third-order valence-corrected chi connectivity index (χ3v) is 2.33. The SMILES string of the molecule is CCOCCNC(C)c1cc(O)cc(O)c1. The predicted octanol–water partition coefficient (Wildman–Crippen LogP) is 1.78. The van der Waals surface area contributed by atoms with Crippen molar-refractivity contribution in [1.29, 1.82) is 0 Å². The molecule has 0 radical (unpaired) electrons. The van der Waals surface area contributed by atoms with Crippen molar-refractivity contribution in [2.24, 2.45) is 0 Å². The molecule has 0 aliphatic rings. The van der Waals surface area contributed by atoms with Crippen molar-refractivity contribution in [2.45, 2.75) is 19.9 Å². The Kier molecular flexibility index (Phi) is 5.08. The summed E-state index contributed by atoms with van der Waals surface area (Å²) >= 11 is 0. The molecule has 90 valence electrons. The van der Waals surface area contributed by atoms with Gasteiger partial charge in [-0.2, -0.15) is 0 Å². The molecule has 0 amide bonds. The molecule has 16 heavy (non-hydrogen) atoms. The Morgan fingerprint density at radius 2 is 1.88 bits per heavy atom. The van der Waals surface area contributed by atoms with Gasteiger partial charge in [0.2, 0.25) is 0 Å². The maximum absolute atomic E-state index is 9.34. The Morgan fingerprint density at radius 3 is 2.44 bits per heavy atom. The summed E-state index contributed by atoms with van der Waals surface area (Å²) in [6.45, 7) is 6.04. The Balaban J connectivity index is 2.48. The van der Waals surface area contributed by atoms with E-state index in [9.17, 15) is 10.2 Å². The van der Waals surface area contributed by atoms with E-state index in [0.717, 1.165) is 12.1 Å². The molecule has 0 aromatic heterocycles. The Bertz CT molecular complexity index is 308. The second-order valence-electron chi connectivity index (χ2n) is 3.66. The van der Waals surface area contributed by atoms with E-state index in [2.05, 4.69) is 5.32 Å². The molecule has 1 aromatic rings. The number of aromatic hydroxyl groups is 2. The molecule has 0 saturated carbocycles. The van der Waals surface area contributed by atoms with Gasteiger partial charge in [0, 0.05) is 25.3 Å². The van der Waals surface area contributed by atoms with Gasteiger partial charge in [0.1, 0.15) is 11.5 Å². The van der Waals surface area contributed by atoms with Gasteiger partial charge in [0.05, 0.1) is 6.61 Å². The number of hydrogen-bond donors (Lipinski definition) is 3. The maximum Gasteiger partial charge on any atom is 0.119 e. The van der Waals surface area contributed by atoms with E-state index in [-0.39, 0.29) is 17.5 Å². The lowest BCUT2D eigenvalue weighted by atomic mass is 10.1. The van der Waals surface area contributed by atoms with Crippen LogP contribution in [-0.2, 0) is 4.74 Å². The molecule has 3 N–H and O–H groups in total. The molecule has 0 spiro atoms. The third-order valence-electron chi connectivity index (χ3n) is 2.33. The summed E-state index contributed by atoms with van der Waals surface area (Å²) in [6, 6.07) is 4.66. The molecule has 0 bridgehead atoms. The van der Waals surface area contributed by atoms with Crippen molar-refractivity contribution in [1.82, 2.24) is 5.32 Å². The van der Waals surface area contributed by atoms with Crippen LogP contribution < -0.4 is 5.32 Å². The van der Waals surface area contributed by atoms with Crippen molar-refractivity contribution in [3.63, 3.8) is 0 Å². The van der Waals surface area contributed by atoms with Crippen molar-refractivity contribution >= 4 is 0 Å². The van der Waals surface area contributed by atoms with Gasteiger partial charge in [-0.05, 0) is 31.5 Å². The van der Waals surface area contributed by atoms with Crippen LogP contribution in [0, 0.1) is 0 Å². The van der Waals surface area contributed by atoms with Crippen LogP contribution in [0.5, 0.6) is 11.5 Å². The van der Waals surface area contributed by atoms with Gasteiger partial charge >= 0.3 is 0 Å². The minimum absolute atomic E-state index is 0.0680. The largest absolute Gasteiger partial charge is 0.508 e. The Labute approximate surface area is 95.9 Å². The van der Waals surface area contributed by atoms with Crippen LogP contribution in [-0.4, -0.2) is 30.0 Å². The minimum atomic E-state index is 0.0680. The lowest BCUT2D eigenvalue weighted by molar-refractivity contribution is 0.147. The van der Waals surface area contributed by atoms with Crippen LogP contribution in [0.3, 0.4) is 0 Å². The molecule has 1 atom stereocenters. The van der Waals surface area contributed by atoms with Gasteiger partial charge < -0.3 is 20.3 Å². The zero-order valence-corrected chi connectivity index (χ0v) is 9.73. The second-order valence-corrected chi connectivity index (χ2v) is 3.66. The highest BCUT2D eigenvalue weighted by Gasteiger charge is 2.06. The quantitative estimate of drug-likeness (QED) is 0.646. The first-order valence-electron chi connectivity index (χ1n) is 5.47. The average Bonchev–Trinajstić information content (AvgIpc) is 2.22. The number of rotatable bonds is 6. The van der Waals surface area contributed by atoms with E-state index in [1.807, 2.05) is 13.8 Å². The highest BCUT2D eigenvalue weighted by Crippen LogP contribution is 2.24. The summed E-state index contributed by atoms with van der Waals surface area (Å²) in [5.74, 6) is 0.155. The lowest BCUT2D eigenvalue weighted by Gasteiger charge is -2.14. The van der Waals surface area contributed by atoms with Gasteiger partial charge in [-0.1, -0.05) is 0 Å². The van der Waals surface area contributed by atoms with Crippen LogP contribution >= 0.6 is 0 Å². The Hall–Kier alpha value is -1.26. The summed E-state index contributed by atoms with van der Waals surface area (Å²) in [4.78, 5) is 0. The third kappa shape index (κ3) is 4.08. The normalized spacial score (nSPS) is 12.6. The smallest absolute Gasteiger partial charge is 0.119 e. The lowest BCUT2D eigenvalue weighted by Crippen LogP contribution is -2.23. The van der Waals surface area contributed by atoms with E-state index < -0.39 is 0 Å². The number of nitrogens with one attached hydrogen (secondary N) is 1. The molecular formula is C12H19NO3. The minimum Gasteiger partial charge on any atom is -0.508 e.